The summed E-state index contributed by atoms with van der Waals surface area (Å²) in [5, 5.41) is 0. The van der Waals surface area contributed by atoms with Crippen molar-refractivity contribution in [2.45, 2.75) is 20.3 Å². The van der Waals surface area contributed by atoms with Crippen molar-refractivity contribution in [1.29, 1.82) is 0 Å². The molecule has 0 atom stereocenters. The number of aryl methyl sites for hydroxylation is 1. The van der Waals surface area contributed by atoms with Crippen LogP contribution in [-0.4, -0.2) is 5.78 Å². The number of halogens is 2. The number of hydrogen-bond acceptors (Lipinski definition) is 1. The van der Waals surface area contributed by atoms with Crippen LogP contribution in [0.5, 0.6) is 0 Å². The molecule has 0 aliphatic carbocycles. The van der Waals surface area contributed by atoms with E-state index in [1.165, 1.54) is 19.1 Å². The Morgan fingerprint density at radius 1 is 1.00 bits per heavy atom. The number of hydrogen-bond donors (Lipinski definition) is 0. The molecule has 0 bridgehead atoms. The smallest absolute Gasteiger partial charge is 0.170 e. The summed E-state index contributed by atoms with van der Waals surface area (Å²) in [6.45, 7) is 3.24. The Kier molecular flexibility index (Phi) is 3.74. The topological polar surface area (TPSA) is 17.1 Å². The Bertz CT molecular complexity index is 615. The lowest BCUT2D eigenvalue weighted by Crippen LogP contribution is -2.01. The molecule has 0 saturated carbocycles. The Morgan fingerprint density at radius 2 is 1.63 bits per heavy atom. The summed E-state index contributed by atoms with van der Waals surface area (Å²) in [5.41, 5.74) is 1.69. The van der Waals surface area contributed by atoms with Gasteiger partial charge in [-0.1, -0.05) is 37.3 Å². The zero-order valence-electron chi connectivity index (χ0n) is 10.8. The van der Waals surface area contributed by atoms with Gasteiger partial charge in [-0.25, -0.2) is 8.78 Å². The second-order valence-electron chi connectivity index (χ2n) is 4.40. The average Bonchev–Trinajstić information content (AvgIpc) is 2.41. The molecule has 0 aliphatic heterocycles. The normalized spacial score (nSPS) is 10.5. The molecule has 3 heteroatoms. The van der Waals surface area contributed by atoms with Crippen LogP contribution in [0.2, 0.25) is 0 Å². The molecule has 0 fully saturated rings. The van der Waals surface area contributed by atoms with Gasteiger partial charge in [-0.05, 0) is 30.5 Å². The van der Waals surface area contributed by atoms with E-state index in [9.17, 15) is 13.6 Å². The molecule has 0 unspecified atom stereocenters. The van der Waals surface area contributed by atoms with Crippen LogP contribution in [-0.2, 0) is 6.42 Å². The maximum Gasteiger partial charge on any atom is 0.170 e. The summed E-state index contributed by atoms with van der Waals surface area (Å²) in [4.78, 5) is 11.1. The van der Waals surface area contributed by atoms with Gasteiger partial charge in [0.15, 0.2) is 17.4 Å². The minimum absolute atomic E-state index is 0.171. The molecule has 98 valence electrons. The molecule has 0 aliphatic rings. The van der Waals surface area contributed by atoms with Gasteiger partial charge in [0, 0.05) is 5.56 Å². The lowest BCUT2D eigenvalue weighted by atomic mass is 10.00. The van der Waals surface area contributed by atoms with Gasteiger partial charge in [0.05, 0.1) is 5.56 Å². The van der Waals surface area contributed by atoms with Crippen molar-refractivity contribution in [2.24, 2.45) is 0 Å². The first-order valence-corrected chi connectivity index (χ1v) is 6.12. The average molecular weight is 260 g/mol. The highest BCUT2D eigenvalue weighted by atomic mass is 19.2. The summed E-state index contributed by atoms with van der Waals surface area (Å²) >= 11 is 0. The largest absolute Gasteiger partial charge is 0.294 e. The van der Waals surface area contributed by atoms with Crippen molar-refractivity contribution in [1.82, 2.24) is 0 Å². The van der Waals surface area contributed by atoms with Gasteiger partial charge in [-0.15, -0.1) is 0 Å². The van der Waals surface area contributed by atoms with E-state index >= 15 is 0 Å². The number of rotatable bonds is 3. The van der Waals surface area contributed by atoms with E-state index in [-0.39, 0.29) is 11.1 Å². The van der Waals surface area contributed by atoms with E-state index in [2.05, 4.69) is 0 Å². The Hall–Kier alpha value is -2.03. The van der Waals surface area contributed by atoms with Crippen LogP contribution in [0.3, 0.4) is 0 Å². The van der Waals surface area contributed by atoms with Gasteiger partial charge in [0.2, 0.25) is 0 Å². The minimum atomic E-state index is -1.08. The quantitative estimate of drug-likeness (QED) is 0.748. The third kappa shape index (κ3) is 2.55. The van der Waals surface area contributed by atoms with Crippen molar-refractivity contribution in [3.63, 3.8) is 0 Å². The summed E-state index contributed by atoms with van der Waals surface area (Å²) in [7, 11) is 0. The highest BCUT2D eigenvalue weighted by molar-refractivity contribution is 5.94. The standard InChI is InChI=1S/C16H14F2O/c1-3-11-4-6-12(7-5-11)14-9-8-13(10(2)19)15(17)16(14)18/h4-9H,3H2,1-2H3. The summed E-state index contributed by atoms with van der Waals surface area (Å²) in [5.74, 6) is -2.54. The summed E-state index contributed by atoms with van der Waals surface area (Å²) < 4.78 is 27.7. The predicted molar refractivity (Wildman–Crippen MR) is 71.2 cm³/mol. The molecule has 0 amide bonds. The molecule has 19 heavy (non-hydrogen) atoms. The fourth-order valence-corrected chi connectivity index (χ4v) is 1.96. The fraction of sp³-hybridized carbons (Fsp3) is 0.188. The molecule has 2 rings (SSSR count). The molecule has 2 aromatic rings. The summed E-state index contributed by atoms with van der Waals surface area (Å²) in [6, 6.07) is 10.0. The molecule has 0 spiro atoms. The first-order valence-electron chi connectivity index (χ1n) is 6.12. The number of carbonyl (C=O) groups excluding carboxylic acids is 1. The SMILES string of the molecule is CCc1ccc(-c2ccc(C(C)=O)c(F)c2F)cc1. The van der Waals surface area contributed by atoms with Crippen molar-refractivity contribution >= 4 is 5.78 Å². The molecule has 0 radical (unpaired) electrons. The first-order chi connectivity index (χ1) is 9.04. The number of carbonyl (C=O) groups is 1. The molecule has 0 aromatic heterocycles. The van der Waals surface area contributed by atoms with E-state index in [4.69, 9.17) is 0 Å². The third-order valence-corrected chi connectivity index (χ3v) is 3.13. The van der Waals surface area contributed by atoms with Crippen LogP contribution in [0.15, 0.2) is 36.4 Å². The molecule has 0 saturated heterocycles. The van der Waals surface area contributed by atoms with Gasteiger partial charge in [0.25, 0.3) is 0 Å². The van der Waals surface area contributed by atoms with E-state index in [0.717, 1.165) is 12.0 Å². The highest BCUT2D eigenvalue weighted by Crippen LogP contribution is 2.27. The van der Waals surface area contributed by atoms with Gasteiger partial charge in [0.1, 0.15) is 0 Å². The second-order valence-corrected chi connectivity index (χ2v) is 4.40. The van der Waals surface area contributed by atoms with Crippen LogP contribution in [0.4, 0.5) is 8.78 Å². The van der Waals surface area contributed by atoms with Crippen LogP contribution < -0.4 is 0 Å². The maximum atomic E-state index is 14.0. The molecular weight excluding hydrogens is 246 g/mol. The molecule has 1 nitrogen and oxygen atoms in total. The third-order valence-electron chi connectivity index (χ3n) is 3.13. The predicted octanol–water partition coefficient (Wildman–Crippen LogP) is 4.40. The minimum Gasteiger partial charge on any atom is -0.294 e. The zero-order valence-corrected chi connectivity index (χ0v) is 10.8. The van der Waals surface area contributed by atoms with Gasteiger partial charge in [-0.2, -0.15) is 0 Å². The van der Waals surface area contributed by atoms with E-state index < -0.39 is 17.4 Å². The molecule has 2 aromatic carbocycles. The van der Waals surface area contributed by atoms with E-state index in [1.807, 2.05) is 19.1 Å². The van der Waals surface area contributed by atoms with Crippen LogP contribution in [0.25, 0.3) is 11.1 Å². The van der Waals surface area contributed by atoms with Gasteiger partial charge in [-0.3, -0.25) is 4.79 Å². The van der Waals surface area contributed by atoms with Gasteiger partial charge < -0.3 is 0 Å². The molecule has 0 N–H and O–H groups in total. The van der Waals surface area contributed by atoms with Crippen molar-refractivity contribution in [3.05, 3.63) is 59.2 Å². The van der Waals surface area contributed by atoms with Crippen molar-refractivity contribution < 1.29 is 13.6 Å². The van der Waals surface area contributed by atoms with Crippen molar-refractivity contribution in [3.8, 4) is 11.1 Å². The highest BCUT2D eigenvalue weighted by Gasteiger charge is 2.16. The van der Waals surface area contributed by atoms with E-state index in [1.54, 1.807) is 12.1 Å². The van der Waals surface area contributed by atoms with Crippen LogP contribution in [0, 0.1) is 11.6 Å². The first kappa shape index (κ1) is 13.4. The lowest BCUT2D eigenvalue weighted by molar-refractivity contribution is 0.101. The Balaban J connectivity index is 2.50. The number of Topliss-reactive ketones (excluding diaryl/α,β-unsaturated/α-hetero) is 1. The molecule has 0 heterocycles. The monoisotopic (exact) mass is 260 g/mol. The fourth-order valence-electron chi connectivity index (χ4n) is 1.96. The Labute approximate surface area is 110 Å². The Morgan fingerprint density at radius 3 is 2.16 bits per heavy atom. The number of benzene rings is 2. The van der Waals surface area contributed by atoms with Crippen LogP contribution in [0.1, 0.15) is 29.8 Å². The lowest BCUT2D eigenvalue weighted by Gasteiger charge is -2.07. The van der Waals surface area contributed by atoms with Gasteiger partial charge >= 0.3 is 0 Å². The van der Waals surface area contributed by atoms with Crippen LogP contribution >= 0.6 is 0 Å². The maximum absolute atomic E-state index is 14.0. The van der Waals surface area contributed by atoms with Crippen molar-refractivity contribution in [2.75, 3.05) is 0 Å². The molecular formula is C16H14F2O. The zero-order chi connectivity index (χ0) is 14.0. The number of ketones is 1. The summed E-state index contributed by atoms with van der Waals surface area (Å²) in [6.07, 6.45) is 0.889. The van der Waals surface area contributed by atoms with E-state index in [0.29, 0.717) is 5.56 Å². The second kappa shape index (κ2) is 5.31.